The summed E-state index contributed by atoms with van der Waals surface area (Å²) in [6, 6.07) is 45.2. The lowest BCUT2D eigenvalue weighted by Crippen LogP contribution is -2.30. The van der Waals surface area contributed by atoms with Gasteiger partial charge in [0.05, 0.1) is 11.4 Å². The lowest BCUT2D eigenvalue weighted by molar-refractivity contribution is 0.631. The summed E-state index contributed by atoms with van der Waals surface area (Å²) in [5, 5.41) is 2.57. The van der Waals surface area contributed by atoms with Crippen LogP contribution in [0.1, 0.15) is 66.6 Å². The van der Waals surface area contributed by atoms with Gasteiger partial charge in [0, 0.05) is 16.5 Å². The van der Waals surface area contributed by atoms with Crippen molar-refractivity contribution in [3.63, 3.8) is 0 Å². The zero-order chi connectivity index (χ0) is 30.2. The smallest absolute Gasteiger partial charge is 0.0502 e. The van der Waals surface area contributed by atoms with E-state index in [0.717, 1.165) is 0 Å². The maximum Gasteiger partial charge on any atom is 0.0502 e. The van der Waals surface area contributed by atoms with E-state index in [1.54, 1.807) is 0 Å². The second kappa shape index (κ2) is 9.56. The number of anilines is 3. The van der Waals surface area contributed by atoms with Crippen LogP contribution in [0.5, 0.6) is 0 Å². The van der Waals surface area contributed by atoms with Gasteiger partial charge in [0.15, 0.2) is 0 Å². The predicted molar refractivity (Wildman–Crippen MR) is 188 cm³/mol. The minimum atomic E-state index is -0.112. The molecule has 0 saturated heterocycles. The van der Waals surface area contributed by atoms with E-state index in [1.165, 1.54) is 77.9 Å². The maximum atomic E-state index is 2.47. The summed E-state index contributed by atoms with van der Waals surface area (Å²) >= 11 is 0. The van der Waals surface area contributed by atoms with Crippen molar-refractivity contribution in [3.8, 4) is 11.1 Å². The van der Waals surface area contributed by atoms with E-state index >= 15 is 0 Å². The first-order valence-electron chi connectivity index (χ1n) is 15.7. The third-order valence-corrected chi connectivity index (χ3v) is 10.1. The molecule has 0 aromatic heterocycles. The lowest BCUT2D eigenvalue weighted by Gasteiger charge is -2.42. The van der Waals surface area contributed by atoms with Crippen LogP contribution in [0.15, 0.2) is 121 Å². The summed E-state index contributed by atoms with van der Waals surface area (Å²) in [5.74, 6) is 0. The molecule has 8 rings (SSSR count). The molecule has 0 unspecified atom stereocenters. The summed E-state index contributed by atoms with van der Waals surface area (Å²) in [6.45, 7) is 11.6. The quantitative estimate of drug-likeness (QED) is 0.192. The molecule has 44 heavy (non-hydrogen) atoms. The zero-order valence-corrected chi connectivity index (χ0v) is 26.1. The van der Waals surface area contributed by atoms with Crippen LogP contribution in [0.3, 0.4) is 0 Å². The first-order chi connectivity index (χ1) is 21.2. The molecule has 2 aliphatic rings. The van der Waals surface area contributed by atoms with E-state index in [-0.39, 0.29) is 10.8 Å². The van der Waals surface area contributed by atoms with Crippen LogP contribution in [0, 0.1) is 6.92 Å². The minimum Gasteiger partial charge on any atom is -0.310 e. The second-order valence-corrected chi connectivity index (χ2v) is 13.6. The van der Waals surface area contributed by atoms with E-state index in [0.29, 0.717) is 0 Å². The van der Waals surface area contributed by atoms with Gasteiger partial charge in [0.25, 0.3) is 0 Å². The summed E-state index contributed by atoms with van der Waals surface area (Å²) in [5.41, 5.74) is 15.5. The monoisotopic (exact) mass is 567 g/mol. The molecule has 0 saturated carbocycles. The topological polar surface area (TPSA) is 3.24 Å². The molecule has 214 valence electrons. The Morgan fingerprint density at radius 1 is 0.477 bits per heavy atom. The van der Waals surface area contributed by atoms with E-state index in [1.807, 2.05) is 0 Å². The van der Waals surface area contributed by atoms with Crippen LogP contribution in [0.2, 0.25) is 0 Å². The van der Waals surface area contributed by atoms with Crippen LogP contribution in [-0.4, -0.2) is 0 Å². The molecule has 0 N–H and O–H groups in total. The Morgan fingerprint density at radius 3 is 1.70 bits per heavy atom. The minimum absolute atomic E-state index is 0.0638. The number of fused-ring (bicyclic) bond motifs is 6. The zero-order valence-electron chi connectivity index (χ0n) is 26.1. The Hall–Kier alpha value is -4.88. The Bertz CT molecular complexity index is 2090. The Balaban J connectivity index is 1.17. The fourth-order valence-electron chi connectivity index (χ4n) is 7.61. The van der Waals surface area contributed by atoms with Gasteiger partial charge in [-0.25, -0.2) is 0 Å². The van der Waals surface area contributed by atoms with Crippen molar-refractivity contribution in [1.29, 1.82) is 0 Å². The molecule has 1 heterocycles. The largest absolute Gasteiger partial charge is 0.310 e. The molecule has 6 aromatic rings. The third-order valence-electron chi connectivity index (χ3n) is 10.1. The second-order valence-electron chi connectivity index (χ2n) is 13.6. The van der Waals surface area contributed by atoms with Gasteiger partial charge < -0.3 is 4.90 Å². The van der Waals surface area contributed by atoms with Crippen molar-refractivity contribution in [2.24, 2.45) is 0 Å². The number of aryl methyl sites for hydroxylation is 1. The molecule has 1 heteroatoms. The average Bonchev–Trinajstić information content (AvgIpc) is 3.25. The molecule has 0 bridgehead atoms. The molecule has 0 spiro atoms. The summed E-state index contributed by atoms with van der Waals surface area (Å²) < 4.78 is 0. The normalized spacial score (nSPS) is 15.6. The summed E-state index contributed by atoms with van der Waals surface area (Å²) in [4.78, 5) is 2.47. The Morgan fingerprint density at radius 2 is 1.00 bits per heavy atom. The lowest BCUT2D eigenvalue weighted by atomic mass is 9.73. The van der Waals surface area contributed by atoms with Crippen molar-refractivity contribution in [1.82, 2.24) is 0 Å². The molecule has 6 aromatic carbocycles. The number of benzene rings is 6. The van der Waals surface area contributed by atoms with Gasteiger partial charge in [0.1, 0.15) is 0 Å². The first kappa shape index (κ1) is 26.7. The fraction of sp³-hybridized carbons (Fsp3) is 0.163. The SMILES string of the molecule is Cc1ccc2cc(/C=C/c3ccc4c(c3)C(C)(C)c3cc(N5c6ccccc6C(C)(C)c6ccccc65)ccc3-4)ccc2c1. The fourth-order valence-corrected chi connectivity index (χ4v) is 7.61. The van der Waals surface area contributed by atoms with E-state index in [2.05, 4.69) is 173 Å². The van der Waals surface area contributed by atoms with E-state index in [4.69, 9.17) is 0 Å². The van der Waals surface area contributed by atoms with Gasteiger partial charge in [0.2, 0.25) is 0 Å². The molecular formula is C43H37N. The van der Waals surface area contributed by atoms with Gasteiger partial charge in [-0.2, -0.15) is 0 Å². The number of hydrogen-bond acceptors (Lipinski definition) is 1. The highest BCUT2D eigenvalue weighted by Crippen LogP contribution is 2.54. The van der Waals surface area contributed by atoms with Crippen LogP contribution in [-0.2, 0) is 10.8 Å². The molecular weight excluding hydrogens is 530 g/mol. The molecule has 0 fully saturated rings. The van der Waals surface area contributed by atoms with Gasteiger partial charge in [-0.1, -0.05) is 136 Å². The van der Waals surface area contributed by atoms with Crippen molar-refractivity contribution >= 4 is 40.0 Å². The average molecular weight is 568 g/mol. The maximum absolute atomic E-state index is 2.47. The summed E-state index contributed by atoms with van der Waals surface area (Å²) in [7, 11) is 0. The Kier molecular flexibility index (Phi) is 5.81. The first-order valence-corrected chi connectivity index (χ1v) is 15.7. The van der Waals surface area contributed by atoms with Crippen molar-refractivity contribution < 1.29 is 0 Å². The highest BCUT2D eigenvalue weighted by Gasteiger charge is 2.39. The van der Waals surface area contributed by atoms with Gasteiger partial charge in [-0.05, 0) is 92.5 Å². The number of para-hydroxylation sites is 2. The van der Waals surface area contributed by atoms with Crippen molar-refractivity contribution in [2.75, 3.05) is 4.90 Å². The number of hydrogen-bond donors (Lipinski definition) is 0. The van der Waals surface area contributed by atoms with Crippen LogP contribution >= 0.6 is 0 Å². The highest BCUT2D eigenvalue weighted by atomic mass is 15.2. The van der Waals surface area contributed by atoms with Gasteiger partial charge >= 0.3 is 0 Å². The van der Waals surface area contributed by atoms with Gasteiger partial charge in [-0.15, -0.1) is 0 Å². The predicted octanol–water partition coefficient (Wildman–Crippen LogP) is 11.7. The highest BCUT2D eigenvalue weighted by molar-refractivity contribution is 5.90. The van der Waals surface area contributed by atoms with Crippen LogP contribution < -0.4 is 4.90 Å². The molecule has 1 aliphatic heterocycles. The van der Waals surface area contributed by atoms with Crippen molar-refractivity contribution in [3.05, 3.63) is 160 Å². The molecule has 0 amide bonds. The molecule has 1 aliphatic carbocycles. The molecule has 1 nitrogen and oxygen atoms in total. The van der Waals surface area contributed by atoms with Gasteiger partial charge in [-0.3, -0.25) is 0 Å². The standard InChI is InChI=1S/C43H37N/c1-28-14-19-32-25-29(17-20-31(32)24-28)15-16-30-18-22-34-35-23-21-33(27-39(35)43(4,5)38(34)26-30)44-40-12-8-6-10-36(40)42(2,3)37-11-7-9-13-41(37)44/h6-27H,1-5H3/b16-15+. The van der Waals surface area contributed by atoms with E-state index < -0.39 is 0 Å². The summed E-state index contributed by atoms with van der Waals surface area (Å²) in [6.07, 6.45) is 4.49. The number of rotatable bonds is 3. The van der Waals surface area contributed by atoms with Crippen molar-refractivity contribution in [2.45, 2.75) is 45.4 Å². The van der Waals surface area contributed by atoms with E-state index in [9.17, 15) is 0 Å². The Labute approximate surface area is 261 Å². The molecule has 0 atom stereocenters. The number of nitrogens with zero attached hydrogens (tertiary/aromatic N) is 1. The third kappa shape index (κ3) is 3.99. The van der Waals surface area contributed by atoms with Crippen LogP contribution in [0.4, 0.5) is 17.1 Å². The molecule has 0 radical (unpaired) electrons. The van der Waals surface area contributed by atoms with Crippen LogP contribution in [0.25, 0.3) is 34.1 Å².